The highest BCUT2D eigenvalue weighted by atomic mass is 16.3. The Morgan fingerprint density at radius 2 is 2.07 bits per heavy atom. The molecule has 0 aromatic carbocycles. The van der Waals surface area contributed by atoms with Crippen molar-refractivity contribution in [2.24, 2.45) is 5.92 Å². The molecule has 4 nitrogen and oxygen atoms in total. The van der Waals surface area contributed by atoms with E-state index in [4.69, 9.17) is 5.11 Å². The fraction of sp³-hybridized carbons (Fsp3) is 1.00. The zero-order chi connectivity index (χ0) is 10.6. The minimum atomic E-state index is -0.789. The monoisotopic (exact) mass is 203 g/mol. The van der Waals surface area contributed by atoms with Gasteiger partial charge in [-0.3, -0.25) is 0 Å². The van der Waals surface area contributed by atoms with Crippen LogP contribution in [0.4, 0.5) is 0 Å². The maximum Gasteiger partial charge on any atom is 0.0927 e. The van der Waals surface area contributed by atoms with Crippen LogP contribution in [0.1, 0.15) is 26.2 Å². The molecule has 4 unspecified atom stereocenters. The largest absolute Gasteiger partial charge is 0.396 e. The lowest BCUT2D eigenvalue weighted by molar-refractivity contribution is -0.0679. The van der Waals surface area contributed by atoms with Gasteiger partial charge in [0.05, 0.1) is 12.2 Å². The van der Waals surface area contributed by atoms with Crippen molar-refractivity contribution in [1.82, 2.24) is 5.32 Å². The zero-order valence-corrected chi connectivity index (χ0v) is 8.69. The summed E-state index contributed by atoms with van der Waals surface area (Å²) in [4.78, 5) is 0. The molecule has 0 saturated carbocycles. The van der Waals surface area contributed by atoms with Gasteiger partial charge in [0.2, 0.25) is 0 Å². The molecule has 0 spiro atoms. The average Bonchev–Trinajstić information content (AvgIpc) is 2.20. The van der Waals surface area contributed by atoms with Gasteiger partial charge in [0.1, 0.15) is 0 Å². The lowest BCUT2D eigenvalue weighted by atomic mass is 9.84. The summed E-state index contributed by atoms with van der Waals surface area (Å²) >= 11 is 0. The molecular weight excluding hydrogens is 182 g/mol. The first-order valence-electron chi connectivity index (χ1n) is 5.41. The summed E-state index contributed by atoms with van der Waals surface area (Å²) in [6.45, 7) is 2.47. The number of aliphatic hydroxyl groups is 3. The standard InChI is InChI=1S/C10H21NO3/c1-2-3-4-8-7(6-12)10(14)9(13)5-11-8/h7-14H,2-6H2,1H3. The highest BCUT2D eigenvalue weighted by Gasteiger charge is 2.36. The number of nitrogens with one attached hydrogen (secondary N) is 1. The van der Waals surface area contributed by atoms with E-state index in [0.29, 0.717) is 6.54 Å². The molecule has 4 atom stereocenters. The Morgan fingerprint density at radius 1 is 1.36 bits per heavy atom. The molecule has 1 aliphatic rings. The van der Waals surface area contributed by atoms with Crippen LogP contribution in [0.3, 0.4) is 0 Å². The topological polar surface area (TPSA) is 72.7 Å². The third kappa shape index (κ3) is 2.67. The van der Waals surface area contributed by atoms with E-state index >= 15 is 0 Å². The maximum absolute atomic E-state index is 9.66. The van der Waals surface area contributed by atoms with Crippen molar-refractivity contribution in [3.05, 3.63) is 0 Å². The molecule has 0 aliphatic carbocycles. The van der Waals surface area contributed by atoms with Crippen molar-refractivity contribution in [2.75, 3.05) is 13.2 Å². The Labute approximate surface area is 85.0 Å². The normalized spacial score (nSPS) is 38.6. The van der Waals surface area contributed by atoms with Crippen molar-refractivity contribution in [3.63, 3.8) is 0 Å². The van der Waals surface area contributed by atoms with E-state index in [9.17, 15) is 10.2 Å². The van der Waals surface area contributed by atoms with Crippen LogP contribution in [0.5, 0.6) is 0 Å². The lowest BCUT2D eigenvalue weighted by Gasteiger charge is -2.38. The van der Waals surface area contributed by atoms with Gasteiger partial charge in [0.15, 0.2) is 0 Å². The van der Waals surface area contributed by atoms with Gasteiger partial charge in [-0.1, -0.05) is 19.8 Å². The van der Waals surface area contributed by atoms with Crippen molar-refractivity contribution in [2.45, 2.75) is 44.4 Å². The van der Waals surface area contributed by atoms with Crippen LogP contribution in [0.25, 0.3) is 0 Å². The summed E-state index contributed by atoms with van der Waals surface area (Å²) in [7, 11) is 0. The molecule has 84 valence electrons. The number of piperidine rings is 1. The number of hydrogen-bond acceptors (Lipinski definition) is 4. The summed E-state index contributed by atoms with van der Waals surface area (Å²) in [6.07, 6.45) is 1.60. The molecular formula is C10H21NO3. The summed E-state index contributed by atoms with van der Waals surface area (Å²) < 4.78 is 0. The molecule has 1 saturated heterocycles. The second kappa shape index (κ2) is 5.66. The zero-order valence-electron chi connectivity index (χ0n) is 8.69. The van der Waals surface area contributed by atoms with Crippen LogP contribution < -0.4 is 5.32 Å². The molecule has 0 radical (unpaired) electrons. The third-order valence-corrected chi connectivity index (χ3v) is 3.02. The van der Waals surface area contributed by atoms with Gasteiger partial charge in [-0.2, -0.15) is 0 Å². The number of β-amino-alcohol motifs (C(OH)–C–C–N with tert-alkyl or cyclic N) is 1. The van der Waals surface area contributed by atoms with Crippen LogP contribution in [0.15, 0.2) is 0 Å². The molecule has 1 rings (SSSR count). The Kier molecular flexibility index (Phi) is 4.81. The minimum absolute atomic E-state index is 0.0698. The molecule has 0 aromatic heterocycles. The first-order chi connectivity index (χ1) is 6.70. The fourth-order valence-corrected chi connectivity index (χ4v) is 2.04. The summed E-state index contributed by atoms with van der Waals surface area (Å²) in [6, 6.07) is 0.137. The highest BCUT2D eigenvalue weighted by molar-refractivity contribution is 4.91. The molecule has 1 heterocycles. The molecule has 0 aromatic rings. The fourth-order valence-electron chi connectivity index (χ4n) is 2.04. The van der Waals surface area contributed by atoms with E-state index in [1.54, 1.807) is 0 Å². The minimum Gasteiger partial charge on any atom is -0.396 e. The number of aliphatic hydroxyl groups excluding tert-OH is 3. The summed E-state index contributed by atoms with van der Waals surface area (Å²) in [5.74, 6) is -0.231. The molecule has 4 N–H and O–H groups in total. The van der Waals surface area contributed by atoms with Crippen molar-refractivity contribution in [3.8, 4) is 0 Å². The first kappa shape index (κ1) is 11.9. The molecule has 0 amide bonds. The van der Waals surface area contributed by atoms with E-state index in [1.165, 1.54) is 0 Å². The average molecular weight is 203 g/mol. The lowest BCUT2D eigenvalue weighted by Crippen LogP contribution is -2.57. The molecule has 0 bridgehead atoms. The second-order valence-electron chi connectivity index (χ2n) is 4.06. The highest BCUT2D eigenvalue weighted by Crippen LogP contribution is 2.21. The Balaban J connectivity index is 2.48. The first-order valence-corrected chi connectivity index (χ1v) is 5.41. The Morgan fingerprint density at radius 3 is 2.64 bits per heavy atom. The SMILES string of the molecule is CCCCC1NCC(O)C(O)C1CO. The van der Waals surface area contributed by atoms with Gasteiger partial charge in [-0.05, 0) is 6.42 Å². The Hall–Kier alpha value is -0.160. The van der Waals surface area contributed by atoms with Crippen molar-refractivity contribution < 1.29 is 15.3 Å². The van der Waals surface area contributed by atoms with Gasteiger partial charge in [0.25, 0.3) is 0 Å². The van der Waals surface area contributed by atoms with Gasteiger partial charge < -0.3 is 20.6 Å². The number of unbranched alkanes of at least 4 members (excludes halogenated alkanes) is 1. The molecule has 1 aliphatic heterocycles. The van der Waals surface area contributed by atoms with Gasteiger partial charge in [-0.15, -0.1) is 0 Å². The predicted octanol–water partition coefficient (Wildman–Crippen LogP) is -0.521. The van der Waals surface area contributed by atoms with Crippen molar-refractivity contribution >= 4 is 0 Å². The molecule has 1 fully saturated rings. The number of rotatable bonds is 4. The third-order valence-electron chi connectivity index (χ3n) is 3.02. The van der Waals surface area contributed by atoms with E-state index in [2.05, 4.69) is 12.2 Å². The molecule has 4 heteroatoms. The van der Waals surface area contributed by atoms with E-state index in [1.807, 2.05) is 0 Å². The summed E-state index contributed by atoms with van der Waals surface area (Å²) in [5, 5.41) is 31.4. The van der Waals surface area contributed by atoms with Gasteiger partial charge >= 0.3 is 0 Å². The summed E-state index contributed by atoms with van der Waals surface area (Å²) in [5.41, 5.74) is 0. The maximum atomic E-state index is 9.66. The predicted molar refractivity (Wildman–Crippen MR) is 53.9 cm³/mol. The van der Waals surface area contributed by atoms with Crippen LogP contribution >= 0.6 is 0 Å². The molecule has 14 heavy (non-hydrogen) atoms. The smallest absolute Gasteiger partial charge is 0.0927 e. The van der Waals surface area contributed by atoms with Gasteiger partial charge in [0, 0.05) is 25.1 Å². The van der Waals surface area contributed by atoms with Crippen LogP contribution in [-0.4, -0.2) is 46.7 Å². The van der Waals surface area contributed by atoms with E-state index < -0.39 is 12.2 Å². The van der Waals surface area contributed by atoms with Gasteiger partial charge in [-0.25, -0.2) is 0 Å². The Bertz CT molecular complexity index is 163. The number of hydrogen-bond donors (Lipinski definition) is 4. The second-order valence-corrected chi connectivity index (χ2v) is 4.06. The van der Waals surface area contributed by atoms with Crippen LogP contribution in [0, 0.1) is 5.92 Å². The van der Waals surface area contributed by atoms with Crippen molar-refractivity contribution in [1.29, 1.82) is 0 Å². The van der Waals surface area contributed by atoms with Crippen LogP contribution in [0.2, 0.25) is 0 Å². The van der Waals surface area contributed by atoms with Crippen LogP contribution in [-0.2, 0) is 0 Å². The van der Waals surface area contributed by atoms with E-state index in [-0.39, 0.29) is 18.6 Å². The quantitative estimate of drug-likeness (QED) is 0.496. The van der Waals surface area contributed by atoms with E-state index in [0.717, 1.165) is 19.3 Å².